The molecule has 2 aromatic heterocycles. The van der Waals surface area contributed by atoms with Gasteiger partial charge in [-0.05, 0) is 43.0 Å². The molecule has 2 heterocycles. The summed E-state index contributed by atoms with van der Waals surface area (Å²) in [4.78, 5) is 12.4. The van der Waals surface area contributed by atoms with Gasteiger partial charge in [-0.3, -0.25) is 9.36 Å². The van der Waals surface area contributed by atoms with Crippen LogP contribution in [0.5, 0.6) is 5.75 Å². The van der Waals surface area contributed by atoms with Gasteiger partial charge in [0.1, 0.15) is 11.5 Å². The highest BCUT2D eigenvalue weighted by Gasteiger charge is 2.18. The lowest BCUT2D eigenvalue weighted by Gasteiger charge is -2.21. The summed E-state index contributed by atoms with van der Waals surface area (Å²) in [6.07, 6.45) is 7.96. The van der Waals surface area contributed by atoms with Crippen molar-refractivity contribution in [3.8, 4) is 17.1 Å². The molecule has 1 aliphatic carbocycles. The van der Waals surface area contributed by atoms with Crippen LogP contribution in [0.2, 0.25) is 0 Å². The Labute approximate surface area is 186 Å². The molecule has 8 heteroatoms. The molecule has 7 nitrogen and oxygen atoms in total. The van der Waals surface area contributed by atoms with Crippen molar-refractivity contribution >= 4 is 17.7 Å². The zero-order chi connectivity index (χ0) is 21.5. The second-order valence-corrected chi connectivity index (χ2v) is 8.74. The third-order valence-corrected chi connectivity index (χ3v) is 6.55. The number of ether oxygens (including phenoxy) is 1. The number of carbonyl (C=O) groups is 1. The summed E-state index contributed by atoms with van der Waals surface area (Å²) in [6.45, 7) is 1.26. The van der Waals surface area contributed by atoms with Gasteiger partial charge in [0.2, 0.25) is 5.91 Å². The summed E-state index contributed by atoms with van der Waals surface area (Å²) in [5.74, 6) is 3.21. The third-order valence-electron chi connectivity index (χ3n) is 5.58. The van der Waals surface area contributed by atoms with Crippen LogP contribution in [0, 0.1) is 5.92 Å². The largest absolute Gasteiger partial charge is 0.497 e. The maximum atomic E-state index is 12.4. The highest BCUT2D eigenvalue weighted by atomic mass is 32.2. The summed E-state index contributed by atoms with van der Waals surface area (Å²) < 4.78 is 12.9. The van der Waals surface area contributed by atoms with Crippen LogP contribution in [0.3, 0.4) is 0 Å². The van der Waals surface area contributed by atoms with Gasteiger partial charge in [-0.1, -0.05) is 43.2 Å². The first-order valence-electron chi connectivity index (χ1n) is 10.7. The van der Waals surface area contributed by atoms with Gasteiger partial charge < -0.3 is 14.5 Å². The number of carbonyl (C=O) groups excluding carboxylic acids is 1. The molecule has 1 aliphatic rings. The van der Waals surface area contributed by atoms with Gasteiger partial charge in [0.15, 0.2) is 11.0 Å². The molecule has 0 saturated heterocycles. The maximum Gasteiger partial charge on any atom is 0.230 e. The van der Waals surface area contributed by atoms with Gasteiger partial charge >= 0.3 is 0 Å². The number of aromatic nitrogens is 3. The van der Waals surface area contributed by atoms with Crippen molar-refractivity contribution < 1.29 is 13.9 Å². The number of hydrogen-bond donors (Lipinski definition) is 1. The Hall–Kier alpha value is -2.74. The van der Waals surface area contributed by atoms with E-state index in [4.69, 9.17) is 9.15 Å². The number of hydrogen-bond acceptors (Lipinski definition) is 6. The first-order chi connectivity index (χ1) is 15.2. The van der Waals surface area contributed by atoms with Crippen LogP contribution in [0.4, 0.5) is 0 Å². The first kappa shape index (κ1) is 21.5. The molecule has 0 unspecified atom stereocenters. The molecular formula is C23H28N4O3S. The molecule has 164 valence electrons. The van der Waals surface area contributed by atoms with Crippen LogP contribution in [0.15, 0.2) is 52.2 Å². The Balaban J connectivity index is 1.46. The summed E-state index contributed by atoms with van der Waals surface area (Å²) in [5, 5.41) is 12.5. The van der Waals surface area contributed by atoms with E-state index >= 15 is 0 Å². The van der Waals surface area contributed by atoms with Crippen molar-refractivity contribution in [1.29, 1.82) is 0 Å². The molecule has 1 aromatic carbocycles. The van der Waals surface area contributed by atoms with Gasteiger partial charge in [-0.2, -0.15) is 0 Å². The van der Waals surface area contributed by atoms with Crippen LogP contribution in [0.1, 0.15) is 37.9 Å². The van der Waals surface area contributed by atoms with Gasteiger partial charge in [0, 0.05) is 12.1 Å². The Morgan fingerprint density at radius 2 is 2.10 bits per heavy atom. The fourth-order valence-electron chi connectivity index (χ4n) is 3.90. The van der Waals surface area contributed by atoms with E-state index in [9.17, 15) is 4.79 Å². The minimum Gasteiger partial charge on any atom is -0.497 e. The van der Waals surface area contributed by atoms with Crippen LogP contribution in [-0.4, -0.2) is 40.1 Å². The normalized spacial score (nSPS) is 14.5. The maximum absolute atomic E-state index is 12.4. The predicted molar refractivity (Wildman–Crippen MR) is 120 cm³/mol. The summed E-state index contributed by atoms with van der Waals surface area (Å²) in [7, 11) is 1.64. The number of rotatable bonds is 9. The highest BCUT2D eigenvalue weighted by Crippen LogP contribution is 2.28. The Bertz CT molecular complexity index is 981. The van der Waals surface area contributed by atoms with Gasteiger partial charge in [0.05, 0.1) is 25.7 Å². The lowest BCUT2D eigenvalue weighted by atomic mass is 9.89. The van der Waals surface area contributed by atoms with Crippen molar-refractivity contribution in [2.24, 2.45) is 5.92 Å². The molecule has 0 bridgehead atoms. The van der Waals surface area contributed by atoms with Crippen molar-refractivity contribution in [1.82, 2.24) is 20.1 Å². The smallest absolute Gasteiger partial charge is 0.230 e. The lowest BCUT2D eigenvalue weighted by Crippen LogP contribution is -2.31. The first-order valence-corrected chi connectivity index (χ1v) is 11.7. The number of benzene rings is 1. The third kappa shape index (κ3) is 5.70. The summed E-state index contributed by atoms with van der Waals surface area (Å²) in [5.41, 5.74) is 0.895. The van der Waals surface area contributed by atoms with Crippen molar-refractivity contribution in [2.75, 3.05) is 19.4 Å². The van der Waals surface area contributed by atoms with Crippen molar-refractivity contribution in [3.63, 3.8) is 0 Å². The Morgan fingerprint density at radius 3 is 2.87 bits per heavy atom. The molecule has 1 amide bonds. The molecule has 1 fully saturated rings. The highest BCUT2D eigenvalue weighted by molar-refractivity contribution is 7.99. The SMILES string of the molecule is COc1cccc(-c2nnc(SCC(=O)NCC3CCCCC3)n2Cc2ccco2)c1. The van der Waals surface area contributed by atoms with Gasteiger partial charge in [-0.25, -0.2) is 0 Å². The summed E-state index contributed by atoms with van der Waals surface area (Å²) >= 11 is 1.39. The zero-order valence-corrected chi connectivity index (χ0v) is 18.6. The fourth-order valence-corrected chi connectivity index (χ4v) is 4.67. The van der Waals surface area contributed by atoms with E-state index in [0.29, 0.717) is 29.2 Å². The monoisotopic (exact) mass is 440 g/mol. The molecule has 0 atom stereocenters. The fraction of sp³-hybridized carbons (Fsp3) is 0.435. The average molecular weight is 441 g/mol. The topological polar surface area (TPSA) is 82.2 Å². The molecule has 0 radical (unpaired) electrons. The average Bonchev–Trinajstić information content (AvgIpc) is 3.47. The van der Waals surface area contributed by atoms with Gasteiger partial charge in [0.25, 0.3) is 0 Å². The van der Waals surface area contributed by atoms with Crippen LogP contribution in [0.25, 0.3) is 11.4 Å². The summed E-state index contributed by atoms with van der Waals surface area (Å²) in [6, 6.07) is 11.5. The number of thioether (sulfide) groups is 1. The van der Waals surface area contributed by atoms with Crippen molar-refractivity contribution in [2.45, 2.75) is 43.8 Å². The van der Waals surface area contributed by atoms with Crippen molar-refractivity contribution in [3.05, 3.63) is 48.4 Å². The molecule has 3 aromatic rings. The second kappa shape index (κ2) is 10.5. The van der Waals surface area contributed by atoms with E-state index in [-0.39, 0.29) is 5.91 Å². The number of nitrogens with one attached hydrogen (secondary N) is 1. The van der Waals surface area contributed by atoms with E-state index in [2.05, 4.69) is 15.5 Å². The Morgan fingerprint density at radius 1 is 1.23 bits per heavy atom. The van der Waals surface area contributed by atoms with E-state index in [1.807, 2.05) is 41.0 Å². The number of furan rings is 1. The van der Waals surface area contributed by atoms with E-state index in [0.717, 1.165) is 23.6 Å². The minimum absolute atomic E-state index is 0.0334. The van der Waals surface area contributed by atoms with Crippen LogP contribution < -0.4 is 10.1 Å². The van der Waals surface area contributed by atoms with Crippen LogP contribution >= 0.6 is 11.8 Å². The van der Waals surface area contributed by atoms with Gasteiger partial charge in [-0.15, -0.1) is 10.2 Å². The van der Waals surface area contributed by atoms with E-state index in [1.165, 1.54) is 43.9 Å². The second-order valence-electron chi connectivity index (χ2n) is 7.80. The van der Waals surface area contributed by atoms with Crippen LogP contribution in [-0.2, 0) is 11.3 Å². The van der Waals surface area contributed by atoms with E-state index in [1.54, 1.807) is 13.4 Å². The molecule has 4 rings (SSSR count). The number of amides is 1. The number of methoxy groups -OCH3 is 1. The predicted octanol–water partition coefficient (Wildman–Crippen LogP) is 4.38. The molecule has 31 heavy (non-hydrogen) atoms. The molecule has 1 N–H and O–H groups in total. The molecular weight excluding hydrogens is 412 g/mol. The zero-order valence-electron chi connectivity index (χ0n) is 17.8. The quantitative estimate of drug-likeness (QED) is 0.497. The lowest BCUT2D eigenvalue weighted by molar-refractivity contribution is -0.118. The Kier molecular flexibility index (Phi) is 7.30. The minimum atomic E-state index is 0.0334. The van der Waals surface area contributed by atoms with E-state index < -0.39 is 0 Å². The molecule has 1 saturated carbocycles. The molecule has 0 aliphatic heterocycles. The number of nitrogens with zero attached hydrogens (tertiary/aromatic N) is 3. The standard InChI is InChI=1S/C23H28N4O3S/c1-29-19-10-5-9-18(13-19)22-25-26-23(27(22)15-20-11-6-12-30-20)31-16-21(28)24-14-17-7-3-2-4-8-17/h5-6,9-13,17H,2-4,7-8,14-16H2,1H3,(H,24,28). The molecule has 0 spiro atoms.